The van der Waals surface area contributed by atoms with Crippen molar-refractivity contribution in [2.75, 3.05) is 4.90 Å². The molecule has 1 heterocycles. The Morgan fingerprint density at radius 3 is 2.29 bits per heavy atom. The number of alkyl halides is 3. The van der Waals surface area contributed by atoms with Crippen LogP contribution in [0.2, 0.25) is 5.02 Å². The third kappa shape index (κ3) is 6.27. The van der Waals surface area contributed by atoms with Gasteiger partial charge in [-0.3, -0.25) is 14.5 Å². The van der Waals surface area contributed by atoms with Gasteiger partial charge >= 0.3 is 6.18 Å². The van der Waals surface area contributed by atoms with Crippen LogP contribution in [0.15, 0.2) is 72.8 Å². The Bertz CT molecular complexity index is 1290. The van der Waals surface area contributed by atoms with Crippen molar-refractivity contribution >= 4 is 40.9 Å². The first-order valence-electron chi connectivity index (χ1n) is 12.1. The summed E-state index contributed by atoms with van der Waals surface area (Å²) < 4.78 is 46.3. The third-order valence-corrected chi connectivity index (χ3v) is 8.07. The van der Waals surface area contributed by atoms with Gasteiger partial charge in [0.05, 0.1) is 16.7 Å². The summed E-state index contributed by atoms with van der Waals surface area (Å²) in [6.45, 7) is 1.97. The zero-order valence-corrected chi connectivity index (χ0v) is 22.0. The third-order valence-electron chi connectivity index (χ3n) is 6.25. The zero-order valence-electron chi connectivity index (χ0n) is 20.5. The molecule has 5 nitrogen and oxygen atoms in total. The van der Waals surface area contributed by atoms with E-state index in [1.807, 2.05) is 6.92 Å². The molecule has 0 radical (unpaired) electrons. The van der Waals surface area contributed by atoms with Crippen molar-refractivity contribution in [3.05, 3.63) is 88.9 Å². The Kier molecular flexibility index (Phi) is 8.57. The van der Waals surface area contributed by atoms with E-state index in [0.29, 0.717) is 40.6 Å². The summed E-state index contributed by atoms with van der Waals surface area (Å²) in [4.78, 5) is 27.5. The maximum atomic E-state index is 13.7. The predicted molar refractivity (Wildman–Crippen MR) is 143 cm³/mol. The average molecular weight is 563 g/mol. The standard InChI is InChI=1S/C28H26ClF3N2O3S/c1-2-3-7-23(25(33)35)24-26(36)34(27(38-24)17-5-4-6-18(16-17)28(30,31)32)20-10-14-22(15-11-20)37-21-12-8-19(29)9-13-21/h4-6,8-16,23-24,27H,2-3,7H2,1H3,(H2,33,35). The second kappa shape index (κ2) is 11.7. The van der Waals surface area contributed by atoms with Gasteiger partial charge in [-0.2, -0.15) is 13.2 Å². The Morgan fingerprint density at radius 1 is 1.08 bits per heavy atom. The number of benzene rings is 3. The highest BCUT2D eigenvalue weighted by Gasteiger charge is 2.47. The van der Waals surface area contributed by atoms with Gasteiger partial charge in [-0.15, -0.1) is 11.8 Å². The molecule has 200 valence electrons. The highest BCUT2D eigenvalue weighted by atomic mass is 35.5. The van der Waals surface area contributed by atoms with Gasteiger partial charge in [0.15, 0.2) is 0 Å². The molecule has 1 saturated heterocycles. The van der Waals surface area contributed by atoms with Crippen LogP contribution >= 0.6 is 23.4 Å². The molecule has 1 aliphatic rings. The molecule has 3 aromatic rings. The fourth-order valence-corrected chi connectivity index (χ4v) is 6.06. The molecule has 0 aliphatic carbocycles. The van der Waals surface area contributed by atoms with Crippen molar-refractivity contribution in [1.82, 2.24) is 0 Å². The lowest BCUT2D eigenvalue weighted by Crippen LogP contribution is -2.39. The van der Waals surface area contributed by atoms with Crippen molar-refractivity contribution in [2.45, 2.75) is 43.0 Å². The Morgan fingerprint density at radius 2 is 1.71 bits per heavy atom. The molecule has 3 atom stereocenters. The van der Waals surface area contributed by atoms with Crippen LogP contribution in [-0.2, 0) is 15.8 Å². The summed E-state index contributed by atoms with van der Waals surface area (Å²) in [5, 5.41) is -1.02. The second-order valence-electron chi connectivity index (χ2n) is 8.94. The Balaban J connectivity index is 1.68. The number of carbonyl (C=O) groups excluding carboxylic acids is 2. The SMILES string of the molecule is CCCCC(C(N)=O)C1SC(c2cccc(C(F)(F)F)c2)N(c2ccc(Oc3ccc(Cl)cc3)cc2)C1=O. The van der Waals surface area contributed by atoms with E-state index >= 15 is 0 Å². The molecule has 1 fully saturated rings. The van der Waals surface area contributed by atoms with Gasteiger partial charge in [-0.1, -0.05) is 43.5 Å². The average Bonchev–Trinajstić information content (AvgIpc) is 3.22. The number of anilines is 1. The van der Waals surface area contributed by atoms with Crippen LogP contribution in [0.4, 0.5) is 18.9 Å². The number of nitrogens with two attached hydrogens (primary N) is 1. The van der Waals surface area contributed by atoms with Gasteiger partial charge in [0.2, 0.25) is 11.8 Å². The summed E-state index contributed by atoms with van der Waals surface area (Å²) in [6, 6.07) is 18.4. The van der Waals surface area contributed by atoms with E-state index in [1.165, 1.54) is 11.0 Å². The van der Waals surface area contributed by atoms with Crippen LogP contribution in [-0.4, -0.2) is 17.1 Å². The first kappa shape index (κ1) is 27.9. The van der Waals surface area contributed by atoms with E-state index in [1.54, 1.807) is 54.6 Å². The second-order valence-corrected chi connectivity index (χ2v) is 10.6. The van der Waals surface area contributed by atoms with E-state index in [2.05, 4.69) is 0 Å². The number of hydrogen-bond donors (Lipinski definition) is 1. The van der Waals surface area contributed by atoms with Gasteiger partial charge in [0.1, 0.15) is 16.9 Å². The lowest BCUT2D eigenvalue weighted by atomic mass is 9.96. The maximum Gasteiger partial charge on any atom is 0.416 e. The van der Waals surface area contributed by atoms with E-state index in [9.17, 15) is 22.8 Å². The van der Waals surface area contributed by atoms with Crippen molar-refractivity contribution in [2.24, 2.45) is 11.7 Å². The summed E-state index contributed by atoms with van der Waals surface area (Å²) in [5.41, 5.74) is 5.64. The lowest BCUT2D eigenvalue weighted by molar-refractivity contribution is -0.137. The maximum absolute atomic E-state index is 13.7. The number of unbranched alkanes of at least 4 members (excludes halogenated alkanes) is 1. The van der Waals surface area contributed by atoms with Crippen molar-refractivity contribution in [1.29, 1.82) is 0 Å². The molecule has 0 saturated carbocycles. The van der Waals surface area contributed by atoms with Gasteiger partial charge in [0.25, 0.3) is 0 Å². The number of halogens is 4. The fraction of sp³-hybridized carbons (Fsp3) is 0.286. The zero-order chi connectivity index (χ0) is 27.4. The number of amides is 2. The van der Waals surface area contributed by atoms with Crippen LogP contribution < -0.4 is 15.4 Å². The van der Waals surface area contributed by atoms with E-state index in [0.717, 1.165) is 30.3 Å². The molecule has 3 unspecified atom stereocenters. The molecule has 38 heavy (non-hydrogen) atoms. The molecule has 1 aliphatic heterocycles. The minimum absolute atomic E-state index is 0.306. The van der Waals surface area contributed by atoms with Crippen LogP contribution in [0.5, 0.6) is 11.5 Å². The number of thioether (sulfide) groups is 1. The number of hydrogen-bond acceptors (Lipinski definition) is 4. The van der Waals surface area contributed by atoms with E-state index < -0.39 is 34.2 Å². The topological polar surface area (TPSA) is 72.6 Å². The molecular formula is C28H26ClF3N2O3S. The molecule has 10 heteroatoms. The van der Waals surface area contributed by atoms with Crippen molar-refractivity contribution in [3.8, 4) is 11.5 Å². The first-order chi connectivity index (χ1) is 18.1. The van der Waals surface area contributed by atoms with Crippen LogP contribution in [0, 0.1) is 5.92 Å². The number of carbonyl (C=O) groups is 2. The molecular weight excluding hydrogens is 537 g/mol. The molecule has 0 spiro atoms. The van der Waals surface area contributed by atoms with Crippen molar-refractivity contribution in [3.63, 3.8) is 0 Å². The Hall–Kier alpha value is -3.17. The highest BCUT2D eigenvalue weighted by Crippen LogP contribution is 2.49. The number of ether oxygens (including phenoxy) is 1. The Labute approximate surface area is 228 Å². The largest absolute Gasteiger partial charge is 0.457 e. The molecule has 2 N–H and O–H groups in total. The molecule has 4 rings (SSSR count). The number of rotatable bonds is 9. The van der Waals surface area contributed by atoms with E-state index in [4.69, 9.17) is 22.1 Å². The summed E-state index contributed by atoms with van der Waals surface area (Å²) in [7, 11) is 0. The van der Waals surface area contributed by atoms with Gasteiger partial charge in [0, 0.05) is 10.7 Å². The van der Waals surface area contributed by atoms with Gasteiger partial charge < -0.3 is 10.5 Å². The van der Waals surface area contributed by atoms with E-state index in [-0.39, 0.29) is 5.91 Å². The number of primary amides is 1. The van der Waals surface area contributed by atoms with Gasteiger partial charge in [-0.25, -0.2) is 0 Å². The molecule has 0 aromatic heterocycles. The van der Waals surface area contributed by atoms with Gasteiger partial charge in [-0.05, 0) is 72.6 Å². The molecule has 2 amide bonds. The van der Waals surface area contributed by atoms with Crippen LogP contribution in [0.1, 0.15) is 42.7 Å². The number of nitrogens with zero attached hydrogens (tertiary/aromatic N) is 1. The van der Waals surface area contributed by atoms with Crippen LogP contribution in [0.25, 0.3) is 0 Å². The molecule has 0 bridgehead atoms. The fourth-order valence-electron chi connectivity index (χ4n) is 4.32. The summed E-state index contributed by atoms with van der Waals surface area (Å²) in [6.07, 6.45) is -2.61. The van der Waals surface area contributed by atoms with Crippen LogP contribution in [0.3, 0.4) is 0 Å². The smallest absolute Gasteiger partial charge is 0.416 e. The quantitative estimate of drug-likeness (QED) is 0.291. The highest BCUT2D eigenvalue weighted by molar-refractivity contribution is 8.01. The summed E-state index contributed by atoms with van der Waals surface area (Å²) in [5.74, 6) is -0.639. The van der Waals surface area contributed by atoms with Crippen molar-refractivity contribution < 1.29 is 27.5 Å². The predicted octanol–water partition coefficient (Wildman–Crippen LogP) is 7.59. The normalized spacial score (nSPS) is 18.4. The summed E-state index contributed by atoms with van der Waals surface area (Å²) >= 11 is 7.07. The first-order valence-corrected chi connectivity index (χ1v) is 13.4. The monoisotopic (exact) mass is 562 g/mol. The molecule has 3 aromatic carbocycles. The lowest BCUT2D eigenvalue weighted by Gasteiger charge is -2.25. The minimum atomic E-state index is -4.54. The minimum Gasteiger partial charge on any atom is -0.457 e.